The van der Waals surface area contributed by atoms with Gasteiger partial charge in [0.15, 0.2) is 0 Å². The van der Waals surface area contributed by atoms with Crippen LogP contribution in [0.15, 0.2) is 24.3 Å². The van der Waals surface area contributed by atoms with Crippen LogP contribution in [-0.4, -0.2) is 12.6 Å². The van der Waals surface area contributed by atoms with Crippen LogP contribution in [0.5, 0.6) is 5.75 Å². The summed E-state index contributed by atoms with van der Waals surface area (Å²) >= 11 is 0. The quantitative estimate of drug-likeness (QED) is 0.841. The van der Waals surface area contributed by atoms with Crippen molar-refractivity contribution >= 4 is 5.69 Å². The number of methoxy groups -OCH3 is 1. The van der Waals surface area contributed by atoms with Gasteiger partial charge >= 0.3 is 0 Å². The lowest BCUT2D eigenvalue weighted by Gasteiger charge is -2.24. The van der Waals surface area contributed by atoms with Gasteiger partial charge in [-0.15, -0.1) is 0 Å². The third-order valence-corrected chi connectivity index (χ3v) is 3.12. The minimum Gasteiger partial charge on any atom is -0.497 e. The van der Waals surface area contributed by atoms with Crippen molar-refractivity contribution in [3.63, 3.8) is 0 Å². The molecular weight excluding hydrogens is 200 g/mol. The second kappa shape index (κ2) is 4.05. The first-order valence-corrected chi connectivity index (χ1v) is 5.51. The Balaban J connectivity index is 2.10. The average Bonchev–Trinajstić information content (AvgIpc) is 3.14. The monoisotopic (exact) mass is 216 g/mol. The zero-order chi connectivity index (χ0) is 11.6. The topological polar surface area (TPSA) is 45.0 Å². The van der Waals surface area contributed by atoms with Crippen molar-refractivity contribution in [2.45, 2.75) is 25.3 Å². The van der Waals surface area contributed by atoms with Gasteiger partial charge in [-0.2, -0.15) is 5.26 Å². The minimum atomic E-state index is -0.436. The van der Waals surface area contributed by atoms with Crippen LogP contribution in [-0.2, 0) is 0 Å². The van der Waals surface area contributed by atoms with Crippen molar-refractivity contribution in [1.82, 2.24) is 0 Å². The van der Waals surface area contributed by atoms with Crippen molar-refractivity contribution in [2.75, 3.05) is 12.4 Å². The van der Waals surface area contributed by atoms with E-state index in [2.05, 4.69) is 11.4 Å². The van der Waals surface area contributed by atoms with Gasteiger partial charge in [0.25, 0.3) is 0 Å². The molecule has 0 aromatic heterocycles. The summed E-state index contributed by atoms with van der Waals surface area (Å²) in [5.41, 5.74) is 0.533. The average molecular weight is 216 g/mol. The van der Waals surface area contributed by atoms with Crippen molar-refractivity contribution in [1.29, 1.82) is 5.26 Å². The van der Waals surface area contributed by atoms with Crippen LogP contribution in [0.1, 0.15) is 19.8 Å². The number of anilines is 1. The van der Waals surface area contributed by atoms with Gasteiger partial charge in [-0.25, -0.2) is 0 Å². The first kappa shape index (κ1) is 10.8. The molecule has 2 rings (SSSR count). The maximum Gasteiger partial charge on any atom is 0.125 e. The highest BCUT2D eigenvalue weighted by atomic mass is 16.5. The summed E-state index contributed by atoms with van der Waals surface area (Å²) in [6.45, 7) is 1.97. The molecule has 0 amide bonds. The van der Waals surface area contributed by atoms with E-state index in [1.54, 1.807) is 7.11 Å². The number of ether oxygens (including phenoxy) is 1. The van der Waals surface area contributed by atoms with E-state index in [0.29, 0.717) is 5.92 Å². The summed E-state index contributed by atoms with van der Waals surface area (Å²) in [5, 5.41) is 12.5. The normalized spacial score (nSPS) is 18.3. The fourth-order valence-corrected chi connectivity index (χ4v) is 1.86. The van der Waals surface area contributed by atoms with Crippen LogP contribution in [0.3, 0.4) is 0 Å². The van der Waals surface area contributed by atoms with Crippen molar-refractivity contribution in [2.24, 2.45) is 5.92 Å². The summed E-state index contributed by atoms with van der Waals surface area (Å²) in [7, 11) is 1.64. The summed E-state index contributed by atoms with van der Waals surface area (Å²) in [5.74, 6) is 1.32. The molecule has 1 aromatic carbocycles. The Hall–Kier alpha value is -1.69. The van der Waals surface area contributed by atoms with Gasteiger partial charge in [0.1, 0.15) is 11.3 Å². The van der Waals surface area contributed by atoms with Crippen LogP contribution < -0.4 is 10.1 Å². The number of hydrogen-bond acceptors (Lipinski definition) is 3. The number of hydrogen-bond donors (Lipinski definition) is 1. The molecule has 16 heavy (non-hydrogen) atoms. The number of rotatable bonds is 4. The third kappa shape index (κ3) is 2.11. The second-order valence-corrected chi connectivity index (χ2v) is 4.44. The summed E-state index contributed by atoms with van der Waals surface area (Å²) in [6.07, 6.45) is 2.29. The first-order valence-electron chi connectivity index (χ1n) is 5.51. The molecule has 3 heteroatoms. The highest BCUT2D eigenvalue weighted by Gasteiger charge is 2.41. The van der Waals surface area contributed by atoms with E-state index in [1.807, 2.05) is 31.2 Å². The van der Waals surface area contributed by atoms with E-state index >= 15 is 0 Å². The molecule has 1 aliphatic carbocycles. The molecule has 0 spiro atoms. The maximum atomic E-state index is 9.22. The van der Waals surface area contributed by atoms with Crippen molar-refractivity contribution in [3.8, 4) is 11.8 Å². The van der Waals surface area contributed by atoms with E-state index in [1.165, 1.54) is 0 Å². The van der Waals surface area contributed by atoms with Crippen LogP contribution in [0.4, 0.5) is 5.69 Å². The number of benzene rings is 1. The van der Waals surface area contributed by atoms with Gasteiger partial charge in [-0.1, -0.05) is 0 Å². The lowest BCUT2D eigenvalue weighted by molar-refractivity contribution is 0.415. The summed E-state index contributed by atoms with van der Waals surface area (Å²) in [6, 6.07) is 10.0. The molecular formula is C13H16N2O. The fourth-order valence-electron chi connectivity index (χ4n) is 1.86. The SMILES string of the molecule is COc1ccc(NC(C)(C#N)C2CC2)cc1. The van der Waals surface area contributed by atoms with Crippen LogP contribution in [0.25, 0.3) is 0 Å². The van der Waals surface area contributed by atoms with E-state index in [4.69, 9.17) is 4.74 Å². The zero-order valence-corrected chi connectivity index (χ0v) is 9.66. The number of nitriles is 1. The molecule has 3 nitrogen and oxygen atoms in total. The lowest BCUT2D eigenvalue weighted by Crippen LogP contribution is -2.35. The van der Waals surface area contributed by atoms with Crippen molar-refractivity contribution < 1.29 is 4.74 Å². The van der Waals surface area contributed by atoms with E-state index < -0.39 is 5.54 Å². The first-order chi connectivity index (χ1) is 7.68. The van der Waals surface area contributed by atoms with Crippen molar-refractivity contribution in [3.05, 3.63) is 24.3 Å². The molecule has 84 valence electrons. The molecule has 1 saturated carbocycles. The summed E-state index contributed by atoms with van der Waals surface area (Å²) < 4.78 is 5.09. The Kier molecular flexibility index (Phi) is 2.74. The Labute approximate surface area is 96.0 Å². The fraction of sp³-hybridized carbons (Fsp3) is 0.462. The minimum absolute atomic E-state index is 0.436. The number of nitrogens with one attached hydrogen (secondary N) is 1. The molecule has 0 bridgehead atoms. The summed E-state index contributed by atoms with van der Waals surface area (Å²) in [4.78, 5) is 0. The van der Waals surface area contributed by atoms with Crippen LogP contribution in [0, 0.1) is 17.2 Å². The Morgan fingerprint density at radius 3 is 2.44 bits per heavy atom. The molecule has 0 heterocycles. The Bertz CT molecular complexity index is 403. The molecule has 1 fully saturated rings. The van der Waals surface area contributed by atoms with Gasteiger partial charge in [0.2, 0.25) is 0 Å². The molecule has 0 radical (unpaired) electrons. The predicted molar refractivity (Wildman–Crippen MR) is 63.4 cm³/mol. The molecule has 1 aliphatic rings. The molecule has 1 unspecified atom stereocenters. The van der Waals surface area contributed by atoms with Crippen LogP contribution >= 0.6 is 0 Å². The molecule has 1 N–H and O–H groups in total. The van der Waals surface area contributed by atoms with Gasteiger partial charge < -0.3 is 10.1 Å². The van der Waals surface area contributed by atoms with Gasteiger partial charge in [0.05, 0.1) is 13.2 Å². The van der Waals surface area contributed by atoms with Gasteiger partial charge in [0, 0.05) is 5.69 Å². The Morgan fingerprint density at radius 2 is 2.00 bits per heavy atom. The van der Waals surface area contributed by atoms with Gasteiger partial charge in [-0.05, 0) is 49.9 Å². The second-order valence-electron chi connectivity index (χ2n) is 4.44. The number of nitrogens with zero attached hydrogens (tertiary/aromatic N) is 1. The Morgan fingerprint density at radius 1 is 1.38 bits per heavy atom. The largest absolute Gasteiger partial charge is 0.497 e. The van der Waals surface area contributed by atoms with E-state index in [0.717, 1.165) is 24.3 Å². The molecule has 1 aromatic rings. The lowest BCUT2D eigenvalue weighted by atomic mass is 9.97. The molecule has 0 saturated heterocycles. The zero-order valence-electron chi connectivity index (χ0n) is 9.66. The predicted octanol–water partition coefficient (Wildman–Crippen LogP) is 2.80. The molecule has 0 aliphatic heterocycles. The third-order valence-electron chi connectivity index (χ3n) is 3.12. The molecule has 1 atom stereocenters. The van der Waals surface area contributed by atoms with Crippen LogP contribution in [0.2, 0.25) is 0 Å². The van der Waals surface area contributed by atoms with E-state index in [-0.39, 0.29) is 0 Å². The standard InChI is InChI=1S/C13H16N2O/c1-13(9-14,10-3-4-10)15-11-5-7-12(16-2)8-6-11/h5-8,10,15H,3-4H2,1-2H3. The van der Waals surface area contributed by atoms with Gasteiger partial charge in [-0.3, -0.25) is 0 Å². The maximum absolute atomic E-state index is 9.22. The van der Waals surface area contributed by atoms with E-state index in [9.17, 15) is 5.26 Å². The smallest absolute Gasteiger partial charge is 0.125 e. The highest BCUT2D eigenvalue weighted by molar-refractivity contribution is 5.50. The highest BCUT2D eigenvalue weighted by Crippen LogP contribution is 2.41.